The number of carbonyl (C=O) groups is 1. The monoisotopic (exact) mass is 375 g/mol. The van der Waals surface area contributed by atoms with Gasteiger partial charge in [0.15, 0.2) is 0 Å². The molecular formula is C22H21N3O3. The minimum absolute atomic E-state index is 0.0236. The van der Waals surface area contributed by atoms with Gasteiger partial charge in [-0.15, -0.1) is 0 Å². The number of aromatic nitrogens is 3. The highest BCUT2D eigenvalue weighted by Gasteiger charge is 2.16. The second-order valence-electron chi connectivity index (χ2n) is 7.83. The predicted octanol–water partition coefficient (Wildman–Crippen LogP) is 3.83. The number of pyridine rings is 1. The number of hydrogen-bond donors (Lipinski definition) is 1. The molecule has 0 atom stereocenters. The molecule has 1 N–H and O–H groups in total. The molecule has 0 fully saturated rings. The summed E-state index contributed by atoms with van der Waals surface area (Å²) in [6.45, 7) is 6.37. The van der Waals surface area contributed by atoms with Crippen LogP contribution in [0.25, 0.3) is 16.6 Å². The van der Waals surface area contributed by atoms with E-state index in [4.69, 9.17) is 4.74 Å². The molecule has 3 heterocycles. The largest absolute Gasteiger partial charge is 0.455 e. The number of esters is 1. The van der Waals surface area contributed by atoms with Gasteiger partial charge in [-0.1, -0.05) is 39.0 Å². The third kappa shape index (κ3) is 3.41. The third-order valence-electron chi connectivity index (χ3n) is 4.68. The van der Waals surface area contributed by atoms with Gasteiger partial charge in [0.2, 0.25) is 0 Å². The lowest BCUT2D eigenvalue weighted by molar-refractivity contribution is 0.0462. The molecule has 6 nitrogen and oxygen atoms in total. The first-order valence-electron chi connectivity index (χ1n) is 9.09. The van der Waals surface area contributed by atoms with E-state index in [0.717, 1.165) is 10.9 Å². The molecule has 6 heteroatoms. The van der Waals surface area contributed by atoms with E-state index in [1.165, 1.54) is 16.0 Å². The molecule has 0 aliphatic heterocycles. The Balaban J connectivity index is 1.55. The van der Waals surface area contributed by atoms with Gasteiger partial charge in [-0.2, -0.15) is 0 Å². The smallest absolute Gasteiger partial charge is 0.355 e. The van der Waals surface area contributed by atoms with E-state index in [1.54, 1.807) is 30.5 Å². The first-order valence-corrected chi connectivity index (χ1v) is 9.09. The maximum atomic E-state index is 12.5. The normalized spacial score (nSPS) is 11.8. The van der Waals surface area contributed by atoms with Crippen molar-refractivity contribution in [1.29, 1.82) is 0 Å². The number of nitrogens with one attached hydrogen (secondary N) is 1. The summed E-state index contributed by atoms with van der Waals surface area (Å²) in [5.74, 6) is -0.483. The van der Waals surface area contributed by atoms with Crippen molar-refractivity contribution in [3.8, 4) is 0 Å². The lowest BCUT2D eigenvalue weighted by atomic mass is 9.87. The molecule has 0 aliphatic carbocycles. The highest BCUT2D eigenvalue weighted by molar-refractivity contribution is 5.95. The standard InChI is InChI=1S/C22H21N3O3/c1-22(2,3)15-8-7-14-10-18(24-17(14)11-15)21(27)28-13-16-12-20(26)25-9-5-4-6-19(25)23-16/h4-12,24H,13H2,1-3H3. The van der Waals surface area contributed by atoms with Crippen LogP contribution in [0.4, 0.5) is 0 Å². The molecule has 0 saturated heterocycles. The van der Waals surface area contributed by atoms with Gasteiger partial charge in [0.25, 0.3) is 5.56 Å². The van der Waals surface area contributed by atoms with Gasteiger partial charge in [-0.3, -0.25) is 9.20 Å². The van der Waals surface area contributed by atoms with E-state index < -0.39 is 5.97 Å². The highest BCUT2D eigenvalue weighted by atomic mass is 16.5. The van der Waals surface area contributed by atoms with E-state index in [0.29, 0.717) is 17.0 Å². The first-order chi connectivity index (χ1) is 13.3. The Labute approximate surface area is 161 Å². The molecule has 0 radical (unpaired) electrons. The molecule has 1 aromatic carbocycles. The summed E-state index contributed by atoms with van der Waals surface area (Å²) >= 11 is 0. The number of hydrogen-bond acceptors (Lipinski definition) is 4. The summed E-state index contributed by atoms with van der Waals surface area (Å²) in [6, 6.07) is 14.6. The number of benzene rings is 1. The third-order valence-corrected chi connectivity index (χ3v) is 4.68. The van der Waals surface area contributed by atoms with Crippen LogP contribution in [0, 0.1) is 0 Å². The summed E-state index contributed by atoms with van der Waals surface area (Å²) in [4.78, 5) is 32.1. The van der Waals surface area contributed by atoms with Crippen molar-refractivity contribution in [2.75, 3.05) is 0 Å². The zero-order valence-electron chi connectivity index (χ0n) is 16.0. The lowest BCUT2D eigenvalue weighted by Gasteiger charge is -2.18. The summed E-state index contributed by atoms with van der Waals surface area (Å²) in [5.41, 5.74) is 3.19. The quantitative estimate of drug-likeness (QED) is 0.552. The Morgan fingerprint density at radius 1 is 1.14 bits per heavy atom. The maximum absolute atomic E-state index is 12.5. The van der Waals surface area contributed by atoms with Gasteiger partial charge >= 0.3 is 5.97 Å². The molecule has 0 bridgehead atoms. The first kappa shape index (κ1) is 18.0. The molecule has 28 heavy (non-hydrogen) atoms. The molecule has 3 aromatic heterocycles. The Morgan fingerprint density at radius 2 is 1.96 bits per heavy atom. The van der Waals surface area contributed by atoms with Gasteiger partial charge in [-0.05, 0) is 35.2 Å². The number of rotatable bonds is 3. The minimum atomic E-state index is -0.483. The van der Waals surface area contributed by atoms with Crippen molar-refractivity contribution < 1.29 is 9.53 Å². The molecule has 0 spiro atoms. The number of nitrogens with zero attached hydrogens (tertiary/aromatic N) is 2. The van der Waals surface area contributed by atoms with E-state index in [1.807, 2.05) is 6.07 Å². The second-order valence-corrected chi connectivity index (χ2v) is 7.83. The molecule has 4 aromatic rings. The highest BCUT2D eigenvalue weighted by Crippen LogP contribution is 2.26. The van der Waals surface area contributed by atoms with Crippen LogP contribution in [0.3, 0.4) is 0 Å². The fraction of sp³-hybridized carbons (Fsp3) is 0.227. The number of carbonyl (C=O) groups excluding carboxylic acids is 1. The Kier molecular flexibility index (Phi) is 4.26. The Bertz CT molecular complexity index is 1250. The van der Waals surface area contributed by atoms with Gasteiger partial charge in [0.1, 0.15) is 17.9 Å². The fourth-order valence-corrected chi connectivity index (χ4v) is 3.10. The van der Waals surface area contributed by atoms with Gasteiger partial charge < -0.3 is 9.72 Å². The average Bonchev–Trinajstić information content (AvgIpc) is 3.09. The van der Waals surface area contributed by atoms with Crippen LogP contribution in [-0.4, -0.2) is 20.3 Å². The topological polar surface area (TPSA) is 76.5 Å². The van der Waals surface area contributed by atoms with Gasteiger partial charge in [0.05, 0.1) is 5.69 Å². The van der Waals surface area contributed by atoms with Crippen LogP contribution >= 0.6 is 0 Å². The molecule has 0 aliphatic rings. The SMILES string of the molecule is CC(C)(C)c1ccc2cc(C(=O)OCc3cc(=O)n4ccccc4n3)[nH]c2c1. The molecule has 0 amide bonds. The van der Waals surface area contributed by atoms with Gasteiger partial charge in [0, 0.05) is 23.2 Å². The molecule has 0 saturated carbocycles. The van der Waals surface area contributed by atoms with Crippen molar-refractivity contribution in [2.45, 2.75) is 32.8 Å². The number of fused-ring (bicyclic) bond motifs is 2. The second kappa shape index (κ2) is 6.64. The summed E-state index contributed by atoms with van der Waals surface area (Å²) in [6.07, 6.45) is 1.65. The minimum Gasteiger partial charge on any atom is -0.455 e. The number of ether oxygens (including phenoxy) is 1. The number of aromatic amines is 1. The van der Waals surface area contributed by atoms with Crippen molar-refractivity contribution >= 4 is 22.5 Å². The zero-order valence-corrected chi connectivity index (χ0v) is 16.0. The van der Waals surface area contributed by atoms with Crippen LogP contribution in [0.2, 0.25) is 0 Å². The fourth-order valence-electron chi connectivity index (χ4n) is 3.10. The summed E-state index contributed by atoms with van der Waals surface area (Å²) in [7, 11) is 0. The van der Waals surface area contributed by atoms with E-state index >= 15 is 0 Å². The van der Waals surface area contributed by atoms with Crippen LogP contribution in [-0.2, 0) is 16.8 Å². The van der Waals surface area contributed by atoms with Crippen LogP contribution < -0.4 is 5.56 Å². The molecule has 4 rings (SSSR count). The van der Waals surface area contributed by atoms with Crippen LogP contribution in [0.5, 0.6) is 0 Å². The Hall–Kier alpha value is -3.41. The predicted molar refractivity (Wildman–Crippen MR) is 108 cm³/mol. The molecular weight excluding hydrogens is 354 g/mol. The Morgan fingerprint density at radius 3 is 2.75 bits per heavy atom. The molecule has 0 unspecified atom stereocenters. The molecule has 142 valence electrons. The van der Waals surface area contributed by atoms with Crippen molar-refractivity contribution in [2.24, 2.45) is 0 Å². The van der Waals surface area contributed by atoms with Crippen LogP contribution in [0.15, 0.2) is 59.5 Å². The van der Waals surface area contributed by atoms with Gasteiger partial charge in [-0.25, -0.2) is 9.78 Å². The summed E-state index contributed by atoms with van der Waals surface area (Å²) < 4.78 is 6.80. The van der Waals surface area contributed by atoms with Crippen LogP contribution in [0.1, 0.15) is 42.5 Å². The zero-order chi connectivity index (χ0) is 19.9. The average molecular weight is 375 g/mol. The maximum Gasteiger partial charge on any atom is 0.355 e. The van der Waals surface area contributed by atoms with E-state index in [-0.39, 0.29) is 17.6 Å². The number of H-pyrrole nitrogens is 1. The summed E-state index contributed by atoms with van der Waals surface area (Å²) in [5, 5.41) is 0.946. The van der Waals surface area contributed by atoms with Crippen molar-refractivity contribution in [3.63, 3.8) is 0 Å². The van der Waals surface area contributed by atoms with E-state index in [9.17, 15) is 9.59 Å². The lowest BCUT2D eigenvalue weighted by Crippen LogP contribution is -2.16. The van der Waals surface area contributed by atoms with Crippen molar-refractivity contribution in [3.05, 3.63) is 82.0 Å². The van der Waals surface area contributed by atoms with E-state index in [2.05, 4.69) is 42.9 Å². The van der Waals surface area contributed by atoms with Crippen molar-refractivity contribution in [1.82, 2.24) is 14.4 Å².